The molecule has 0 radical (unpaired) electrons. The van der Waals surface area contributed by atoms with Gasteiger partial charge in [-0.1, -0.05) is 6.07 Å². The molecule has 0 aromatic carbocycles. The van der Waals surface area contributed by atoms with Gasteiger partial charge in [0.2, 0.25) is 0 Å². The number of fused-ring (bicyclic) bond motifs is 1. The fourth-order valence-corrected chi connectivity index (χ4v) is 2.99. The smallest absolute Gasteiger partial charge is 0.434 e. The highest BCUT2D eigenvalue weighted by atomic mass is 19.4. The van der Waals surface area contributed by atoms with E-state index in [0.29, 0.717) is 16.3 Å². The predicted octanol–water partition coefficient (Wildman–Crippen LogP) is 3.21. The number of aryl methyl sites for hydroxylation is 1. The second-order valence-corrected chi connectivity index (χ2v) is 6.12. The van der Waals surface area contributed by atoms with Crippen LogP contribution in [0, 0.1) is 6.92 Å². The van der Waals surface area contributed by atoms with Crippen LogP contribution in [0.15, 0.2) is 42.7 Å². The first kappa shape index (κ1) is 18.7. The highest BCUT2D eigenvalue weighted by Crippen LogP contribution is 2.34. The summed E-state index contributed by atoms with van der Waals surface area (Å²) in [5.74, 6) is -0.819. The number of nitrogens with zero attached hydrogens (tertiary/aromatic N) is 6. The minimum atomic E-state index is -4.85. The van der Waals surface area contributed by atoms with Gasteiger partial charge in [0.25, 0.3) is 5.95 Å². The molecule has 0 bridgehead atoms. The molecule has 0 saturated heterocycles. The number of esters is 1. The van der Waals surface area contributed by atoms with Crippen LogP contribution in [0.5, 0.6) is 0 Å². The van der Waals surface area contributed by atoms with E-state index in [1.807, 2.05) is 19.1 Å². The first-order valence-electron chi connectivity index (χ1n) is 8.64. The van der Waals surface area contributed by atoms with E-state index in [0.717, 1.165) is 11.9 Å². The fraction of sp³-hybridized carbons (Fsp3) is 0.222. The maximum Gasteiger partial charge on any atom is 0.434 e. The van der Waals surface area contributed by atoms with Crippen molar-refractivity contribution in [1.82, 2.24) is 28.9 Å². The molecule has 0 aliphatic heterocycles. The molecule has 4 heterocycles. The van der Waals surface area contributed by atoms with Crippen LogP contribution in [-0.2, 0) is 10.9 Å². The molecule has 8 nitrogen and oxygen atoms in total. The SMILES string of the molecule is CCOC(=O)c1cnn(-c2cccc3nc(-n4cccc4C)nn23)c1C(F)(F)F. The minimum absolute atomic E-state index is 0.0195. The molecule has 11 heteroatoms. The van der Waals surface area contributed by atoms with Gasteiger partial charge < -0.3 is 4.74 Å². The Kier molecular flexibility index (Phi) is 4.36. The number of hydrogen-bond donors (Lipinski definition) is 0. The van der Waals surface area contributed by atoms with Crippen molar-refractivity contribution in [3.05, 3.63) is 59.7 Å². The fourth-order valence-electron chi connectivity index (χ4n) is 2.99. The van der Waals surface area contributed by atoms with Gasteiger partial charge >= 0.3 is 12.1 Å². The van der Waals surface area contributed by atoms with Crippen molar-refractivity contribution in [2.24, 2.45) is 0 Å². The Balaban J connectivity index is 1.92. The van der Waals surface area contributed by atoms with Gasteiger partial charge in [-0.15, -0.1) is 5.10 Å². The normalized spacial score (nSPS) is 11.9. The second-order valence-electron chi connectivity index (χ2n) is 6.12. The Morgan fingerprint density at radius 3 is 2.66 bits per heavy atom. The van der Waals surface area contributed by atoms with Gasteiger partial charge in [-0.05, 0) is 38.1 Å². The van der Waals surface area contributed by atoms with Crippen molar-refractivity contribution in [3.8, 4) is 11.8 Å². The van der Waals surface area contributed by atoms with Gasteiger partial charge in [0.1, 0.15) is 5.56 Å². The Hall–Kier alpha value is -3.63. The standard InChI is InChI=1S/C18H15F3N6O2/c1-3-29-16(28)12-10-22-27(15(12)18(19,20)21)14-8-4-7-13-23-17(24-26(13)14)25-9-5-6-11(25)2/h4-10H,3H2,1-2H3. The minimum Gasteiger partial charge on any atom is -0.462 e. The average Bonchev–Trinajstić information content (AvgIpc) is 3.37. The first-order valence-corrected chi connectivity index (χ1v) is 8.64. The molecule has 150 valence electrons. The third kappa shape index (κ3) is 3.13. The third-order valence-electron chi connectivity index (χ3n) is 4.25. The number of rotatable bonds is 4. The number of hydrogen-bond acceptors (Lipinski definition) is 5. The molecule has 0 unspecified atom stereocenters. The zero-order valence-electron chi connectivity index (χ0n) is 15.4. The number of ether oxygens (including phenoxy) is 1. The quantitative estimate of drug-likeness (QED) is 0.488. The summed E-state index contributed by atoms with van der Waals surface area (Å²) in [5, 5.41) is 8.13. The number of alkyl halides is 3. The molecule has 0 N–H and O–H groups in total. The van der Waals surface area contributed by atoms with Crippen LogP contribution in [0.2, 0.25) is 0 Å². The molecule has 0 amide bonds. The monoisotopic (exact) mass is 404 g/mol. The number of carbonyl (C=O) groups is 1. The van der Waals surface area contributed by atoms with Crippen molar-refractivity contribution in [2.75, 3.05) is 6.61 Å². The van der Waals surface area contributed by atoms with E-state index in [2.05, 4.69) is 15.2 Å². The van der Waals surface area contributed by atoms with E-state index in [9.17, 15) is 18.0 Å². The second kappa shape index (κ2) is 6.76. The van der Waals surface area contributed by atoms with Gasteiger partial charge in [0.15, 0.2) is 17.2 Å². The maximum atomic E-state index is 13.8. The molecule has 0 aliphatic carbocycles. The summed E-state index contributed by atoms with van der Waals surface area (Å²) in [4.78, 5) is 16.4. The lowest BCUT2D eigenvalue weighted by atomic mass is 10.2. The van der Waals surface area contributed by atoms with Crippen LogP contribution in [0.25, 0.3) is 17.4 Å². The van der Waals surface area contributed by atoms with Crippen LogP contribution in [0.4, 0.5) is 13.2 Å². The zero-order valence-corrected chi connectivity index (χ0v) is 15.4. The van der Waals surface area contributed by atoms with Gasteiger partial charge in [-0.3, -0.25) is 4.57 Å². The Morgan fingerprint density at radius 1 is 1.21 bits per heavy atom. The molecule has 0 fully saturated rings. The molecular formula is C18H15F3N6O2. The highest BCUT2D eigenvalue weighted by Gasteiger charge is 2.41. The molecule has 4 rings (SSSR count). The summed E-state index contributed by atoms with van der Waals surface area (Å²) in [6.07, 6.45) is -2.26. The zero-order chi connectivity index (χ0) is 20.8. The molecule has 29 heavy (non-hydrogen) atoms. The van der Waals surface area contributed by atoms with E-state index in [1.165, 1.54) is 23.6 Å². The summed E-state index contributed by atoms with van der Waals surface area (Å²) < 4.78 is 49.7. The summed E-state index contributed by atoms with van der Waals surface area (Å²) in [6, 6.07) is 8.22. The summed E-state index contributed by atoms with van der Waals surface area (Å²) in [5.41, 5.74) is -0.718. The molecule has 0 spiro atoms. The van der Waals surface area contributed by atoms with Gasteiger partial charge in [-0.25, -0.2) is 9.48 Å². The van der Waals surface area contributed by atoms with E-state index >= 15 is 0 Å². The number of halogens is 3. The van der Waals surface area contributed by atoms with Crippen molar-refractivity contribution in [2.45, 2.75) is 20.0 Å². The molecular weight excluding hydrogens is 389 g/mol. The van der Waals surface area contributed by atoms with Crippen LogP contribution in [-0.4, -0.2) is 41.5 Å². The summed E-state index contributed by atoms with van der Waals surface area (Å²) in [6.45, 7) is 3.31. The Morgan fingerprint density at radius 2 is 2.00 bits per heavy atom. The van der Waals surface area contributed by atoms with E-state index in [1.54, 1.807) is 16.8 Å². The highest BCUT2D eigenvalue weighted by molar-refractivity contribution is 5.90. The molecule has 0 aliphatic rings. The number of carbonyl (C=O) groups excluding carboxylic acids is 1. The van der Waals surface area contributed by atoms with Gasteiger partial charge in [0.05, 0.1) is 12.8 Å². The Labute approximate surface area is 162 Å². The van der Waals surface area contributed by atoms with Crippen molar-refractivity contribution < 1.29 is 22.7 Å². The van der Waals surface area contributed by atoms with Gasteiger partial charge in [0, 0.05) is 11.9 Å². The van der Waals surface area contributed by atoms with Crippen LogP contribution in [0.3, 0.4) is 0 Å². The van der Waals surface area contributed by atoms with Gasteiger partial charge in [-0.2, -0.15) is 27.8 Å². The molecule has 4 aromatic rings. The summed E-state index contributed by atoms with van der Waals surface area (Å²) in [7, 11) is 0. The van der Waals surface area contributed by atoms with Crippen molar-refractivity contribution in [1.29, 1.82) is 0 Å². The van der Waals surface area contributed by atoms with E-state index in [4.69, 9.17) is 4.74 Å². The van der Waals surface area contributed by atoms with E-state index in [-0.39, 0.29) is 12.4 Å². The van der Waals surface area contributed by atoms with Crippen molar-refractivity contribution in [3.63, 3.8) is 0 Å². The van der Waals surface area contributed by atoms with Crippen LogP contribution in [0.1, 0.15) is 28.7 Å². The third-order valence-corrected chi connectivity index (χ3v) is 4.25. The number of aromatic nitrogens is 6. The average molecular weight is 404 g/mol. The van der Waals surface area contributed by atoms with Crippen LogP contribution >= 0.6 is 0 Å². The molecule has 0 saturated carbocycles. The summed E-state index contributed by atoms with van der Waals surface area (Å²) >= 11 is 0. The lowest BCUT2D eigenvalue weighted by Crippen LogP contribution is -2.20. The lowest BCUT2D eigenvalue weighted by molar-refractivity contribution is -0.143. The maximum absolute atomic E-state index is 13.8. The molecule has 0 atom stereocenters. The topological polar surface area (TPSA) is 79.2 Å². The molecule has 4 aromatic heterocycles. The largest absolute Gasteiger partial charge is 0.462 e. The number of pyridine rings is 1. The predicted molar refractivity (Wildman–Crippen MR) is 95.1 cm³/mol. The van der Waals surface area contributed by atoms with E-state index < -0.39 is 23.4 Å². The van der Waals surface area contributed by atoms with Crippen molar-refractivity contribution >= 4 is 11.6 Å². The lowest BCUT2D eigenvalue weighted by Gasteiger charge is -2.12. The Bertz CT molecular complexity index is 1200. The first-order chi connectivity index (χ1) is 13.8. The van der Waals surface area contributed by atoms with Crippen LogP contribution < -0.4 is 0 Å².